The second kappa shape index (κ2) is 18.2. The van der Waals surface area contributed by atoms with Gasteiger partial charge in [0.25, 0.3) is 0 Å². The molecule has 4 nitrogen and oxygen atoms in total. The van der Waals surface area contributed by atoms with Gasteiger partial charge in [0.2, 0.25) is 0 Å². The second-order valence-corrected chi connectivity index (χ2v) is 9.56. The van der Waals surface area contributed by atoms with Crippen LogP contribution in [0.3, 0.4) is 0 Å². The molecule has 196 valence electrons. The number of rotatable bonds is 16. The van der Waals surface area contributed by atoms with Gasteiger partial charge in [-0.1, -0.05) is 76.3 Å². The van der Waals surface area contributed by atoms with Crippen LogP contribution >= 0.6 is 0 Å². The van der Waals surface area contributed by atoms with Crippen LogP contribution in [-0.2, 0) is 0 Å². The fraction of sp³-hybridized carbons (Fsp3) is 0.500. The number of allylic oxidation sites excluding steroid dienone is 8. The minimum atomic E-state index is 0.537. The molecule has 0 heterocycles. The van der Waals surface area contributed by atoms with Gasteiger partial charge in [0.05, 0.1) is 17.9 Å². The molecule has 0 fully saturated rings. The number of nitriles is 1. The van der Waals surface area contributed by atoms with Crippen molar-refractivity contribution in [3.05, 3.63) is 70.6 Å². The standard InChI is InChI=1S/C32H47N3O/c1-8-11-12-15-27(13-9-2)24-36-32-19-18-29(21-30(32)22-33)28(17-16-25(4)5)20-26(6)35-31(14-10-3)23-34-7/h14,16-21,23,27,35H,8-13,15,24H2,1-7H3/b26-20+,28-17+,31-14+,34-23?. The van der Waals surface area contributed by atoms with E-state index in [0.29, 0.717) is 23.8 Å². The van der Waals surface area contributed by atoms with E-state index in [0.717, 1.165) is 41.8 Å². The van der Waals surface area contributed by atoms with E-state index in [-0.39, 0.29) is 0 Å². The third-order valence-corrected chi connectivity index (χ3v) is 5.82. The predicted octanol–water partition coefficient (Wildman–Crippen LogP) is 8.77. The fourth-order valence-corrected chi connectivity index (χ4v) is 4.01. The van der Waals surface area contributed by atoms with Crippen LogP contribution in [-0.4, -0.2) is 19.9 Å². The lowest BCUT2D eigenvalue weighted by Crippen LogP contribution is -2.13. The van der Waals surface area contributed by atoms with E-state index in [9.17, 15) is 5.26 Å². The zero-order valence-corrected chi connectivity index (χ0v) is 23.7. The van der Waals surface area contributed by atoms with Crippen LogP contribution in [0.15, 0.2) is 64.5 Å². The lowest BCUT2D eigenvalue weighted by Gasteiger charge is -2.18. The Morgan fingerprint density at radius 1 is 1.08 bits per heavy atom. The van der Waals surface area contributed by atoms with Crippen LogP contribution in [0.25, 0.3) is 5.57 Å². The van der Waals surface area contributed by atoms with Gasteiger partial charge in [-0.15, -0.1) is 0 Å². The molecule has 36 heavy (non-hydrogen) atoms. The first kappa shape index (κ1) is 31.0. The maximum absolute atomic E-state index is 9.89. The van der Waals surface area contributed by atoms with Crippen molar-refractivity contribution in [3.63, 3.8) is 0 Å². The number of benzene rings is 1. The van der Waals surface area contributed by atoms with E-state index in [2.05, 4.69) is 75.3 Å². The lowest BCUT2D eigenvalue weighted by atomic mass is 9.97. The van der Waals surface area contributed by atoms with Gasteiger partial charge < -0.3 is 10.1 Å². The van der Waals surface area contributed by atoms with Crippen LogP contribution in [0.4, 0.5) is 0 Å². The Hall–Kier alpha value is -3.06. The molecule has 0 saturated heterocycles. The van der Waals surface area contributed by atoms with E-state index >= 15 is 0 Å². The third kappa shape index (κ3) is 12.1. The van der Waals surface area contributed by atoms with Gasteiger partial charge in [0.15, 0.2) is 0 Å². The molecule has 0 saturated carbocycles. The van der Waals surface area contributed by atoms with Crippen molar-refractivity contribution in [2.75, 3.05) is 13.7 Å². The number of ether oxygens (including phenoxy) is 1. The van der Waals surface area contributed by atoms with E-state index in [1.165, 1.54) is 31.3 Å². The van der Waals surface area contributed by atoms with Crippen molar-refractivity contribution in [3.8, 4) is 11.8 Å². The van der Waals surface area contributed by atoms with E-state index < -0.39 is 0 Å². The Bertz CT molecular complexity index is 985. The molecular weight excluding hydrogens is 442 g/mol. The normalized spacial score (nSPS) is 13.4. The Labute approximate surface area is 220 Å². The predicted molar refractivity (Wildman–Crippen MR) is 156 cm³/mol. The maximum atomic E-state index is 9.89. The molecular formula is C32H47N3O. The molecule has 0 spiro atoms. The molecule has 1 N–H and O–H groups in total. The van der Waals surface area contributed by atoms with Crippen LogP contribution in [0.2, 0.25) is 0 Å². The molecule has 1 aromatic carbocycles. The average molecular weight is 490 g/mol. The fourth-order valence-electron chi connectivity index (χ4n) is 4.01. The Morgan fingerprint density at radius 2 is 1.86 bits per heavy atom. The summed E-state index contributed by atoms with van der Waals surface area (Å²) in [5.74, 6) is 1.21. The van der Waals surface area contributed by atoms with Gasteiger partial charge >= 0.3 is 0 Å². The highest BCUT2D eigenvalue weighted by atomic mass is 16.5. The summed E-state index contributed by atoms with van der Waals surface area (Å²) in [6.45, 7) is 13.4. The quantitative estimate of drug-likeness (QED) is 0.143. The van der Waals surface area contributed by atoms with E-state index in [1.807, 2.05) is 31.3 Å². The number of nitrogens with zero attached hydrogens (tertiary/aromatic N) is 2. The van der Waals surface area contributed by atoms with E-state index in [4.69, 9.17) is 4.74 Å². The number of aliphatic imine (C=N–C) groups is 1. The van der Waals surface area contributed by atoms with Crippen molar-refractivity contribution in [1.82, 2.24) is 5.32 Å². The van der Waals surface area contributed by atoms with Crippen LogP contribution in [0, 0.1) is 17.2 Å². The van der Waals surface area contributed by atoms with Crippen LogP contribution in [0.1, 0.15) is 97.6 Å². The van der Waals surface area contributed by atoms with Crippen molar-refractivity contribution >= 4 is 11.8 Å². The topological polar surface area (TPSA) is 57.4 Å². The minimum absolute atomic E-state index is 0.537. The number of hydrogen-bond acceptors (Lipinski definition) is 4. The Kier molecular flexibility index (Phi) is 15.7. The minimum Gasteiger partial charge on any atom is -0.492 e. The zero-order chi connectivity index (χ0) is 26.8. The van der Waals surface area contributed by atoms with Crippen molar-refractivity contribution < 1.29 is 4.74 Å². The summed E-state index contributed by atoms with van der Waals surface area (Å²) >= 11 is 0. The smallest absolute Gasteiger partial charge is 0.137 e. The van der Waals surface area contributed by atoms with Crippen LogP contribution < -0.4 is 10.1 Å². The van der Waals surface area contributed by atoms with Gasteiger partial charge in [-0.05, 0) is 75.3 Å². The summed E-state index contributed by atoms with van der Waals surface area (Å²) in [6, 6.07) is 8.28. The molecule has 0 amide bonds. The summed E-state index contributed by atoms with van der Waals surface area (Å²) in [5.41, 5.74) is 5.76. The zero-order valence-electron chi connectivity index (χ0n) is 23.7. The molecule has 0 aliphatic heterocycles. The Morgan fingerprint density at radius 3 is 2.47 bits per heavy atom. The average Bonchev–Trinajstić information content (AvgIpc) is 2.85. The summed E-state index contributed by atoms with van der Waals surface area (Å²) in [7, 11) is 1.77. The third-order valence-electron chi connectivity index (χ3n) is 5.82. The highest BCUT2D eigenvalue weighted by Crippen LogP contribution is 2.27. The summed E-state index contributed by atoms with van der Waals surface area (Å²) < 4.78 is 6.19. The largest absolute Gasteiger partial charge is 0.492 e. The molecule has 0 aromatic heterocycles. The van der Waals surface area contributed by atoms with Gasteiger partial charge in [-0.2, -0.15) is 5.26 Å². The molecule has 0 aliphatic rings. The number of hydrogen-bond donors (Lipinski definition) is 1. The molecule has 1 unspecified atom stereocenters. The summed E-state index contributed by atoms with van der Waals surface area (Å²) in [6.07, 6.45) is 18.4. The number of unbranched alkanes of at least 4 members (excludes halogenated alkanes) is 2. The molecule has 4 heteroatoms. The van der Waals surface area contributed by atoms with Gasteiger partial charge in [0, 0.05) is 19.0 Å². The molecule has 0 radical (unpaired) electrons. The first-order chi connectivity index (χ1) is 17.4. The summed E-state index contributed by atoms with van der Waals surface area (Å²) in [4.78, 5) is 4.14. The molecule has 0 aliphatic carbocycles. The lowest BCUT2D eigenvalue weighted by molar-refractivity contribution is 0.226. The first-order valence-electron chi connectivity index (χ1n) is 13.5. The highest BCUT2D eigenvalue weighted by molar-refractivity contribution is 5.80. The van der Waals surface area contributed by atoms with Crippen molar-refractivity contribution in [2.45, 2.75) is 86.5 Å². The van der Waals surface area contributed by atoms with Crippen molar-refractivity contribution in [2.24, 2.45) is 10.9 Å². The van der Waals surface area contributed by atoms with Crippen LogP contribution in [0.5, 0.6) is 5.75 Å². The highest BCUT2D eigenvalue weighted by Gasteiger charge is 2.12. The Balaban J connectivity index is 3.21. The van der Waals surface area contributed by atoms with Crippen molar-refractivity contribution in [1.29, 1.82) is 5.26 Å². The monoisotopic (exact) mass is 489 g/mol. The second-order valence-electron chi connectivity index (χ2n) is 9.56. The van der Waals surface area contributed by atoms with E-state index in [1.54, 1.807) is 7.05 Å². The maximum Gasteiger partial charge on any atom is 0.137 e. The van der Waals surface area contributed by atoms with Gasteiger partial charge in [-0.25, -0.2) is 0 Å². The van der Waals surface area contributed by atoms with Gasteiger partial charge in [-0.3, -0.25) is 4.99 Å². The molecule has 1 aromatic rings. The SMILES string of the molecule is CC/C=C(\C=NC)N/C(C)=C/C(=C\C=C(C)C)c1ccc(OCC(CCC)CCCCC)c(C#N)c1. The first-order valence-corrected chi connectivity index (χ1v) is 13.5. The molecule has 0 bridgehead atoms. The molecule has 1 atom stereocenters. The molecule has 1 rings (SSSR count). The summed E-state index contributed by atoms with van der Waals surface area (Å²) in [5, 5.41) is 13.3. The number of nitrogens with one attached hydrogen (secondary N) is 1. The van der Waals surface area contributed by atoms with Gasteiger partial charge in [0.1, 0.15) is 11.8 Å².